The van der Waals surface area contributed by atoms with E-state index in [1.165, 1.54) is 37.9 Å². The highest BCUT2D eigenvalue weighted by Crippen LogP contribution is 2.39. The van der Waals surface area contributed by atoms with Gasteiger partial charge < -0.3 is 14.2 Å². The van der Waals surface area contributed by atoms with E-state index < -0.39 is 6.10 Å². The number of likely N-dealkylation sites (tertiary alicyclic amines) is 1. The minimum atomic E-state index is -0.500. The number of rotatable bonds is 6. The van der Waals surface area contributed by atoms with Crippen molar-refractivity contribution >= 4 is 5.78 Å². The van der Waals surface area contributed by atoms with Gasteiger partial charge in [-0.1, -0.05) is 30.7 Å². The Kier molecular flexibility index (Phi) is 5.53. The quantitative estimate of drug-likeness (QED) is 0.760. The maximum Gasteiger partial charge on any atom is 0.207 e. The summed E-state index contributed by atoms with van der Waals surface area (Å²) in [5.41, 5.74) is 2.99. The Hall–Kier alpha value is -2.53. The lowest BCUT2D eigenvalue weighted by atomic mass is 10.0. The third-order valence-corrected chi connectivity index (χ3v) is 5.61. The number of nitrogens with zero attached hydrogens (tertiary/aromatic N) is 1. The minimum Gasteiger partial charge on any atom is -0.493 e. The third kappa shape index (κ3) is 3.85. The second-order valence-corrected chi connectivity index (χ2v) is 7.53. The molecule has 1 fully saturated rings. The smallest absolute Gasteiger partial charge is 0.207 e. The highest BCUT2D eigenvalue weighted by Gasteiger charge is 2.34. The van der Waals surface area contributed by atoms with Gasteiger partial charge in [0.2, 0.25) is 5.78 Å². The van der Waals surface area contributed by atoms with Crippen molar-refractivity contribution in [2.45, 2.75) is 38.3 Å². The predicted molar refractivity (Wildman–Crippen MR) is 108 cm³/mol. The molecule has 0 radical (unpaired) electrons. The van der Waals surface area contributed by atoms with Gasteiger partial charge in [-0.3, -0.25) is 9.69 Å². The fourth-order valence-electron chi connectivity index (χ4n) is 4.04. The molecule has 1 saturated heterocycles. The van der Waals surface area contributed by atoms with E-state index in [-0.39, 0.29) is 5.78 Å². The van der Waals surface area contributed by atoms with Crippen LogP contribution in [0.2, 0.25) is 0 Å². The lowest BCUT2D eigenvalue weighted by Crippen LogP contribution is -2.29. The van der Waals surface area contributed by atoms with Gasteiger partial charge in [0.1, 0.15) is 5.75 Å². The first-order chi connectivity index (χ1) is 13.7. The van der Waals surface area contributed by atoms with E-state index in [4.69, 9.17) is 14.2 Å². The molecule has 2 aliphatic rings. The van der Waals surface area contributed by atoms with E-state index in [2.05, 4.69) is 29.2 Å². The number of carbonyl (C=O) groups is 1. The summed E-state index contributed by atoms with van der Waals surface area (Å²) in [4.78, 5) is 15.3. The Morgan fingerprint density at radius 2 is 1.61 bits per heavy atom. The average Bonchev–Trinajstić information content (AvgIpc) is 3.03. The summed E-state index contributed by atoms with van der Waals surface area (Å²) in [7, 11) is 3.14. The molecule has 0 spiro atoms. The van der Waals surface area contributed by atoms with Crippen molar-refractivity contribution in [2.24, 2.45) is 0 Å². The second kappa shape index (κ2) is 8.23. The molecule has 4 rings (SSSR count). The van der Waals surface area contributed by atoms with Crippen LogP contribution >= 0.6 is 0 Å². The maximum absolute atomic E-state index is 12.8. The summed E-state index contributed by atoms with van der Waals surface area (Å²) >= 11 is 0. The van der Waals surface area contributed by atoms with Crippen LogP contribution in [-0.2, 0) is 13.0 Å². The van der Waals surface area contributed by atoms with Crippen molar-refractivity contribution < 1.29 is 19.0 Å². The van der Waals surface area contributed by atoms with Crippen LogP contribution in [0.25, 0.3) is 0 Å². The van der Waals surface area contributed by atoms with E-state index in [1.807, 2.05) is 0 Å². The number of ether oxygens (including phenoxy) is 3. The molecule has 5 nitrogen and oxygen atoms in total. The van der Waals surface area contributed by atoms with Crippen molar-refractivity contribution in [3.05, 3.63) is 53.1 Å². The van der Waals surface area contributed by atoms with Crippen molar-refractivity contribution in [1.82, 2.24) is 4.90 Å². The third-order valence-electron chi connectivity index (χ3n) is 5.61. The van der Waals surface area contributed by atoms with Crippen molar-refractivity contribution in [3.8, 4) is 17.2 Å². The molecule has 2 aliphatic heterocycles. The fourth-order valence-corrected chi connectivity index (χ4v) is 4.04. The molecular formula is C23H27NO4. The van der Waals surface area contributed by atoms with Crippen LogP contribution in [0.15, 0.2) is 36.4 Å². The summed E-state index contributed by atoms with van der Waals surface area (Å²) in [6.07, 6.45) is 4.01. The van der Waals surface area contributed by atoms with Crippen LogP contribution in [0.5, 0.6) is 17.2 Å². The lowest BCUT2D eigenvalue weighted by Gasteiger charge is -2.26. The molecule has 0 saturated carbocycles. The molecule has 2 heterocycles. The number of carbonyl (C=O) groups excluding carboxylic acids is 1. The normalized spacial score (nSPS) is 19.2. The van der Waals surface area contributed by atoms with Gasteiger partial charge in [0.25, 0.3) is 0 Å². The second-order valence-electron chi connectivity index (χ2n) is 7.53. The van der Waals surface area contributed by atoms with Gasteiger partial charge in [0.05, 0.1) is 19.8 Å². The summed E-state index contributed by atoms with van der Waals surface area (Å²) in [5.74, 6) is 1.67. The Labute approximate surface area is 166 Å². The first kappa shape index (κ1) is 18.8. The molecule has 0 amide bonds. The molecule has 28 heavy (non-hydrogen) atoms. The Bertz CT molecular complexity index is 840. The zero-order chi connectivity index (χ0) is 19.5. The highest BCUT2D eigenvalue weighted by molar-refractivity contribution is 6.05. The van der Waals surface area contributed by atoms with Crippen LogP contribution in [-0.4, -0.2) is 44.1 Å². The van der Waals surface area contributed by atoms with Gasteiger partial charge in [-0.2, -0.15) is 0 Å². The average molecular weight is 381 g/mol. The van der Waals surface area contributed by atoms with Gasteiger partial charge in [0.15, 0.2) is 17.6 Å². The molecular weight excluding hydrogens is 354 g/mol. The number of piperidine rings is 1. The van der Waals surface area contributed by atoms with E-state index in [9.17, 15) is 4.79 Å². The van der Waals surface area contributed by atoms with Crippen molar-refractivity contribution in [1.29, 1.82) is 0 Å². The molecule has 148 valence electrons. The summed E-state index contributed by atoms with van der Waals surface area (Å²) in [6.45, 7) is 3.39. The van der Waals surface area contributed by atoms with E-state index in [0.29, 0.717) is 29.2 Å². The Morgan fingerprint density at radius 3 is 2.29 bits per heavy atom. The predicted octanol–water partition coefficient (Wildman–Crippen LogP) is 3.88. The molecule has 5 heteroatoms. The number of fused-ring (bicyclic) bond motifs is 1. The van der Waals surface area contributed by atoms with Crippen LogP contribution in [0.3, 0.4) is 0 Å². The van der Waals surface area contributed by atoms with E-state index in [0.717, 1.165) is 12.1 Å². The highest BCUT2D eigenvalue weighted by atomic mass is 16.5. The molecule has 1 atom stereocenters. The maximum atomic E-state index is 12.8. The van der Waals surface area contributed by atoms with Gasteiger partial charge in [-0.05, 0) is 43.1 Å². The van der Waals surface area contributed by atoms with E-state index in [1.54, 1.807) is 26.4 Å². The van der Waals surface area contributed by atoms with Crippen molar-refractivity contribution in [3.63, 3.8) is 0 Å². The topological polar surface area (TPSA) is 48.0 Å². The molecule has 0 aliphatic carbocycles. The molecule has 0 N–H and O–H groups in total. The number of Topliss-reactive ketones (excluding diaryl/α,β-unsaturated/α-hetero) is 1. The van der Waals surface area contributed by atoms with Crippen LogP contribution in [0, 0.1) is 0 Å². The summed E-state index contributed by atoms with van der Waals surface area (Å²) in [6, 6.07) is 12.0. The van der Waals surface area contributed by atoms with Crippen LogP contribution < -0.4 is 14.2 Å². The monoisotopic (exact) mass is 381 g/mol. The van der Waals surface area contributed by atoms with Gasteiger partial charge in [-0.15, -0.1) is 0 Å². The first-order valence-corrected chi connectivity index (χ1v) is 9.95. The largest absolute Gasteiger partial charge is 0.493 e. The lowest BCUT2D eigenvalue weighted by molar-refractivity contribution is 0.0857. The number of methoxy groups -OCH3 is 2. The minimum absolute atomic E-state index is 0.00616. The zero-order valence-electron chi connectivity index (χ0n) is 16.6. The number of ketones is 1. The van der Waals surface area contributed by atoms with Gasteiger partial charge in [0, 0.05) is 19.0 Å². The molecule has 2 aromatic carbocycles. The fraction of sp³-hybridized carbons (Fsp3) is 0.435. The first-order valence-electron chi connectivity index (χ1n) is 9.95. The van der Waals surface area contributed by atoms with E-state index >= 15 is 0 Å². The standard InChI is InChI=1S/C23H27NO4/c1-26-20-13-18-19(14-21(20)27-2)28-22(23(18)25)12-16-6-8-17(9-7-16)15-24-10-4-3-5-11-24/h6-9,13-14,22H,3-5,10-12,15H2,1-2H3. The number of hydrogen-bond acceptors (Lipinski definition) is 5. The zero-order valence-corrected chi connectivity index (χ0v) is 16.6. The Morgan fingerprint density at radius 1 is 0.964 bits per heavy atom. The molecule has 0 aromatic heterocycles. The summed E-state index contributed by atoms with van der Waals surface area (Å²) in [5, 5.41) is 0. The van der Waals surface area contributed by atoms with Gasteiger partial charge >= 0.3 is 0 Å². The summed E-state index contributed by atoms with van der Waals surface area (Å²) < 4.78 is 16.5. The van der Waals surface area contributed by atoms with Crippen LogP contribution in [0.4, 0.5) is 0 Å². The number of benzene rings is 2. The van der Waals surface area contributed by atoms with Crippen LogP contribution in [0.1, 0.15) is 40.7 Å². The molecule has 0 bridgehead atoms. The molecule has 1 unspecified atom stereocenters. The van der Waals surface area contributed by atoms with Crippen molar-refractivity contribution in [2.75, 3.05) is 27.3 Å². The SMILES string of the molecule is COc1cc2c(cc1OC)C(=O)C(Cc1ccc(CN3CCCCC3)cc1)O2. The molecule has 2 aromatic rings. The number of hydrogen-bond donors (Lipinski definition) is 0. The van der Waals surface area contributed by atoms with Gasteiger partial charge in [-0.25, -0.2) is 0 Å². The Balaban J connectivity index is 1.42.